The van der Waals surface area contributed by atoms with Crippen molar-refractivity contribution < 1.29 is 17.7 Å². The second-order valence-electron chi connectivity index (χ2n) is 4.51. The van der Waals surface area contributed by atoms with Gasteiger partial charge in [0.1, 0.15) is 0 Å². The van der Waals surface area contributed by atoms with E-state index in [4.69, 9.17) is 13.3 Å². The average molecular weight is 268 g/mol. The summed E-state index contributed by atoms with van der Waals surface area (Å²) in [5.41, 5.74) is 1.25. The molecule has 0 aliphatic carbocycles. The first-order valence-corrected chi connectivity index (χ1v) is 9.84. The molecule has 92 valence electrons. The highest BCUT2D eigenvalue weighted by Crippen LogP contribution is 2.21. The third kappa shape index (κ3) is 3.24. The molecule has 1 saturated heterocycles. The molecule has 0 N–H and O–H groups in total. The lowest BCUT2D eigenvalue weighted by Gasteiger charge is -2.36. The summed E-state index contributed by atoms with van der Waals surface area (Å²) in [5.74, 6) is -0.371. The summed E-state index contributed by atoms with van der Waals surface area (Å²) >= 11 is 0. The zero-order valence-corrected chi connectivity index (χ0v) is 12.0. The van der Waals surface area contributed by atoms with Gasteiger partial charge in [-0.05, 0) is 25.1 Å². The van der Waals surface area contributed by atoms with Crippen LogP contribution in [0.2, 0.25) is 13.1 Å². The van der Waals surface area contributed by atoms with Gasteiger partial charge in [-0.2, -0.15) is 0 Å². The van der Waals surface area contributed by atoms with Crippen molar-refractivity contribution in [2.75, 3.05) is 6.61 Å². The number of hydrogen-bond acceptors (Lipinski definition) is 4. The van der Waals surface area contributed by atoms with E-state index in [0.29, 0.717) is 6.61 Å². The summed E-state index contributed by atoms with van der Waals surface area (Å²) in [7, 11) is -4.23. The molecule has 1 fully saturated rings. The van der Waals surface area contributed by atoms with Gasteiger partial charge in [-0.25, -0.2) is 0 Å². The second-order valence-corrected chi connectivity index (χ2v) is 9.44. The van der Waals surface area contributed by atoms with Crippen molar-refractivity contribution >= 4 is 17.5 Å². The van der Waals surface area contributed by atoms with E-state index in [2.05, 4.69) is 12.1 Å². The van der Waals surface area contributed by atoms with Gasteiger partial charge >= 0.3 is 9.17 Å². The fourth-order valence-electron chi connectivity index (χ4n) is 1.61. The Kier molecular flexibility index (Phi) is 3.75. The van der Waals surface area contributed by atoms with Crippen molar-refractivity contribution in [2.45, 2.75) is 25.4 Å². The van der Waals surface area contributed by atoms with E-state index in [-0.39, 0.29) is 5.91 Å². The molecule has 0 spiro atoms. The summed E-state index contributed by atoms with van der Waals surface area (Å²) in [6, 6.07) is 10.2. The minimum absolute atomic E-state index is 0.371. The zero-order valence-electron chi connectivity index (χ0n) is 10.0. The molecular weight excluding hydrogens is 252 g/mol. The Hall–Kier alpha value is -0.986. The zero-order chi connectivity index (χ0) is 12.3. The minimum atomic E-state index is -2.20. The predicted octanol–water partition coefficient (Wildman–Crippen LogP) is 1.78. The first kappa shape index (κ1) is 12.5. The lowest BCUT2D eigenvalue weighted by Crippen LogP contribution is -2.57. The third-order valence-corrected chi connectivity index (χ3v) is 6.29. The van der Waals surface area contributed by atoms with Gasteiger partial charge in [0.2, 0.25) is 5.91 Å². The van der Waals surface area contributed by atoms with Crippen LogP contribution >= 0.6 is 0 Å². The fraction of sp³-hybridized carbons (Fsp3) is 0.455. The molecule has 0 saturated carbocycles. The molecule has 17 heavy (non-hydrogen) atoms. The molecule has 1 aromatic carbocycles. The highest BCUT2D eigenvalue weighted by Gasteiger charge is 2.48. The standard InChI is InChI=1S/C11H16O4Si2/c1-17(2,11-14-16(12)15-11)13-9-8-10-6-4-3-5-7-10/h3-7,11H,8-9H2,1-2H3. The van der Waals surface area contributed by atoms with Crippen molar-refractivity contribution in [1.82, 2.24) is 0 Å². The molecule has 0 bridgehead atoms. The van der Waals surface area contributed by atoms with Crippen molar-refractivity contribution in [3.05, 3.63) is 35.9 Å². The monoisotopic (exact) mass is 268 g/mol. The highest BCUT2D eigenvalue weighted by atomic mass is 28.4. The molecule has 4 nitrogen and oxygen atoms in total. The Morgan fingerprint density at radius 1 is 1.29 bits per heavy atom. The Bertz CT molecular complexity index is 386. The Balaban J connectivity index is 1.76. The first-order valence-electron chi connectivity index (χ1n) is 5.63. The molecule has 6 heteroatoms. The minimum Gasteiger partial charge on any atom is -0.462 e. The van der Waals surface area contributed by atoms with Crippen molar-refractivity contribution in [3.63, 3.8) is 0 Å². The smallest absolute Gasteiger partial charge is 0.462 e. The van der Waals surface area contributed by atoms with Crippen LogP contribution in [0.15, 0.2) is 30.3 Å². The van der Waals surface area contributed by atoms with Gasteiger partial charge in [0, 0.05) is 6.61 Å². The molecule has 0 radical (unpaired) electrons. The van der Waals surface area contributed by atoms with Crippen LogP contribution in [-0.2, 0) is 24.2 Å². The largest absolute Gasteiger partial charge is 0.772 e. The van der Waals surface area contributed by atoms with Crippen LogP contribution in [0.25, 0.3) is 0 Å². The van der Waals surface area contributed by atoms with E-state index in [1.165, 1.54) is 5.56 Å². The molecule has 0 amide bonds. The number of rotatable bonds is 5. The van der Waals surface area contributed by atoms with Crippen LogP contribution in [0.4, 0.5) is 0 Å². The fourth-order valence-corrected chi connectivity index (χ4v) is 5.59. The van der Waals surface area contributed by atoms with E-state index < -0.39 is 17.5 Å². The van der Waals surface area contributed by atoms with Crippen LogP contribution in [0, 0.1) is 0 Å². The number of hydrogen-bond donors (Lipinski definition) is 0. The molecule has 2 rings (SSSR count). The molecule has 1 aliphatic rings. The second kappa shape index (κ2) is 5.11. The lowest BCUT2D eigenvalue weighted by molar-refractivity contribution is -0.0831. The van der Waals surface area contributed by atoms with E-state index >= 15 is 0 Å². The van der Waals surface area contributed by atoms with Gasteiger partial charge in [0.25, 0.3) is 8.32 Å². The van der Waals surface area contributed by atoms with Crippen molar-refractivity contribution in [2.24, 2.45) is 0 Å². The van der Waals surface area contributed by atoms with Gasteiger partial charge in [-0.15, -0.1) is 0 Å². The van der Waals surface area contributed by atoms with Crippen LogP contribution in [0.5, 0.6) is 0 Å². The molecule has 0 atom stereocenters. The summed E-state index contributed by atoms with van der Waals surface area (Å²) in [5, 5.41) is 0. The third-order valence-electron chi connectivity index (χ3n) is 2.68. The van der Waals surface area contributed by atoms with E-state index in [0.717, 1.165) is 6.42 Å². The quantitative estimate of drug-likeness (QED) is 0.764. The van der Waals surface area contributed by atoms with Crippen LogP contribution < -0.4 is 0 Å². The maximum atomic E-state index is 10.8. The maximum Gasteiger partial charge on any atom is 0.772 e. The number of benzene rings is 1. The Morgan fingerprint density at radius 3 is 2.53 bits per heavy atom. The Labute approximate surface area is 104 Å². The van der Waals surface area contributed by atoms with E-state index in [1.807, 2.05) is 31.3 Å². The van der Waals surface area contributed by atoms with Gasteiger partial charge in [0.15, 0.2) is 0 Å². The SMILES string of the molecule is C[Si](C)(OCCc1ccccc1)C1O[Si](=O)O1. The molecule has 1 heterocycles. The summed E-state index contributed by atoms with van der Waals surface area (Å²) < 4.78 is 26.7. The lowest BCUT2D eigenvalue weighted by atomic mass is 10.2. The molecule has 1 aliphatic heterocycles. The van der Waals surface area contributed by atoms with Gasteiger partial charge in [-0.1, -0.05) is 30.3 Å². The Morgan fingerprint density at radius 2 is 1.94 bits per heavy atom. The van der Waals surface area contributed by atoms with E-state index in [1.54, 1.807) is 0 Å². The molecule has 0 unspecified atom stereocenters. The van der Waals surface area contributed by atoms with Gasteiger partial charge < -0.3 is 13.3 Å². The van der Waals surface area contributed by atoms with Gasteiger partial charge in [0.05, 0.1) is 0 Å². The van der Waals surface area contributed by atoms with Crippen molar-refractivity contribution in [3.8, 4) is 0 Å². The first-order chi connectivity index (χ1) is 8.08. The summed E-state index contributed by atoms with van der Waals surface area (Å²) in [4.78, 5) is 0. The molecular formula is C11H16O4Si2. The van der Waals surface area contributed by atoms with Crippen LogP contribution in [-0.4, -0.2) is 30.0 Å². The van der Waals surface area contributed by atoms with Crippen LogP contribution in [0.1, 0.15) is 5.56 Å². The summed E-state index contributed by atoms with van der Waals surface area (Å²) in [6.07, 6.45) is 0.874. The average Bonchev–Trinajstić information content (AvgIpc) is 2.26. The maximum absolute atomic E-state index is 10.8. The van der Waals surface area contributed by atoms with Gasteiger partial charge in [-0.3, -0.25) is 4.46 Å². The highest BCUT2D eigenvalue weighted by molar-refractivity contribution is 6.73. The molecule has 0 aromatic heterocycles. The van der Waals surface area contributed by atoms with Crippen molar-refractivity contribution in [1.29, 1.82) is 0 Å². The van der Waals surface area contributed by atoms with E-state index in [9.17, 15) is 4.46 Å². The molecule has 1 aromatic rings. The topological polar surface area (TPSA) is 44.8 Å². The normalized spacial score (nSPS) is 16.0. The predicted molar refractivity (Wildman–Crippen MR) is 66.0 cm³/mol. The summed E-state index contributed by atoms with van der Waals surface area (Å²) in [6.45, 7) is 4.67. The van der Waals surface area contributed by atoms with Crippen LogP contribution in [0.3, 0.4) is 0 Å².